The molecule has 0 bridgehead atoms. The lowest BCUT2D eigenvalue weighted by Gasteiger charge is -2.11. The molecule has 0 aliphatic rings. The molecule has 3 N–H and O–H groups in total. The van der Waals surface area contributed by atoms with Crippen LogP contribution in [0, 0.1) is 6.92 Å². The van der Waals surface area contributed by atoms with Crippen LogP contribution in [-0.4, -0.2) is 18.1 Å². The summed E-state index contributed by atoms with van der Waals surface area (Å²) in [7, 11) is 1.32. The fourth-order valence-corrected chi connectivity index (χ4v) is 1.79. The van der Waals surface area contributed by atoms with Crippen LogP contribution in [-0.2, 0) is 11.3 Å². The minimum absolute atomic E-state index is 0.298. The molecular formula is C15H17N3O2. The van der Waals surface area contributed by atoms with Crippen LogP contribution < -0.4 is 11.1 Å². The number of benzene rings is 1. The van der Waals surface area contributed by atoms with Gasteiger partial charge in [-0.2, -0.15) is 0 Å². The molecule has 20 heavy (non-hydrogen) atoms. The molecule has 1 aromatic carbocycles. The Bertz CT molecular complexity index is 609. The van der Waals surface area contributed by atoms with Gasteiger partial charge in [0.1, 0.15) is 5.82 Å². The van der Waals surface area contributed by atoms with E-state index in [1.54, 1.807) is 0 Å². The normalized spacial score (nSPS) is 10.1. The molecule has 0 atom stereocenters. The minimum atomic E-state index is -0.469. The Balaban J connectivity index is 2.13. The van der Waals surface area contributed by atoms with Crippen molar-refractivity contribution in [2.45, 2.75) is 13.5 Å². The highest BCUT2D eigenvalue weighted by atomic mass is 16.5. The van der Waals surface area contributed by atoms with Crippen molar-refractivity contribution in [1.29, 1.82) is 0 Å². The maximum absolute atomic E-state index is 11.5. The summed E-state index contributed by atoms with van der Waals surface area (Å²) in [5, 5.41) is 3.12. The monoisotopic (exact) mass is 271 g/mol. The molecule has 5 nitrogen and oxygen atoms in total. The number of carbonyl (C=O) groups is 1. The van der Waals surface area contributed by atoms with E-state index < -0.39 is 5.97 Å². The highest BCUT2D eigenvalue weighted by Gasteiger charge is 2.13. The smallest absolute Gasteiger partial charge is 0.340 e. The number of nitrogens with one attached hydrogen (secondary N) is 1. The fourth-order valence-electron chi connectivity index (χ4n) is 1.79. The molecule has 0 saturated heterocycles. The molecule has 2 aromatic rings. The second kappa shape index (κ2) is 6.06. The van der Waals surface area contributed by atoms with Crippen LogP contribution in [0.4, 0.5) is 11.5 Å². The molecule has 0 aliphatic carbocycles. The van der Waals surface area contributed by atoms with Gasteiger partial charge in [-0.05, 0) is 18.6 Å². The molecule has 1 aromatic heterocycles. The van der Waals surface area contributed by atoms with Crippen LogP contribution in [0.3, 0.4) is 0 Å². The number of nitrogen functional groups attached to an aromatic ring is 1. The third kappa shape index (κ3) is 3.06. The Labute approximate surface area is 117 Å². The lowest BCUT2D eigenvalue weighted by Crippen LogP contribution is -2.10. The number of esters is 1. The van der Waals surface area contributed by atoms with Crippen molar-refractivity contribution < 1.29 is 9.53 Å². The van der Waals surface area contributed by atoms with Crippen molar-refractivity contribution in [3.8, 4) is 0 Å². The van der Waals surface area contributed by atoms with Gasteiger partial charge in [0.05, 0.1) is 18.4 Å². The Morgan fingerprint density at radius 2 is 2.00 bits per heavy atom. The number of nitrogens with two attached hydrogens (primary N) is 1. The maximum Gasteiger partial charge on any atom is 0.340 e. The van der Waals surface area contributed by atoms with Crippen molar-refractivity contribution in [2.75, 3.05) is 18.2 Å². The number of hydrogen-bond donors (Lipinski definition) is 2. The summed E-state index contributed by atoms with van der Waals surface area (Å²) in [6.07, 6.45) is 1.53. The Morgan fingerprint density at radius 3 is 2.65 bits per heavy atom. The number of anilines is 2. The average molecular weight is 271 g/mol. The lowest BCUT2D eigenvalue weighted by molar-refractivity contribution is 0.0602. The zero-order chi connectivity index (χ0) is 14.5. The van der Waals surface area contributed by atoms with Gasteiger partial charge in [-0.1, -0.05) is 29.8 Å². The molecule has 104 valence electrons. The summed E-state index contributed by atoms with van der Waals surface area (Å²) < 4.78 is 4.67. The van der Waals surface area contributed by atoms with Crippen LogP contribution in [0.2, 0.25) is 0 Å². The van der Waals surface area contributed by atoms with Gasteiger partial charge >= 0.3 is 5.97 Å². The number of aromatic nitrogens is 1. The van der Waals surface area contributed by atoms with E-state index in [1.807, 2.05) is 31.2 Å². The van der Waals surface area contributed by atoms with Crippen LogP contribution in [0.15, 0.2) is 36.5 Å². The zero-order valence-electron chi connectivity index (χ0n) is 11.5. The van der Waals surface area contributed by atoms with Gasteiger partial charge in [0, 0.05) is 12.7 Å². The molecule has 2 rings (SSSR count). The molecule has 5 heteroatoms. The van der Waals surface area contributed by atoms with Crippen molar-refractivity contribution in [2.24, 2.45) is 0 Å². The number of aryl methyl sites for hydroxylation is 1. The quantitative estimate of drug-likeness (QED) is 0.835. The van der Waals surface area contributed by atoms with Crippen LogP contribution in [0.1, 0.15) is 21.5 Å². The molecule has 1 heterocycles. The topological polar surface area (TPSA) is 77.2 Å². The second-order valence-electron chi connectivity index (χ2n) is 4.45. The van der Waals surface area contributed by atoms with Crippen molar-refractivity contribution in [1.82, 2.24) is 4.98 Å². The first kappa shape index (κ1) is 13.9. The molecule has 0 unspecified atom stereocenters. The van der Waals surface area contributed by atoms with Gasteiger partial charge in [0.15, 0.2) is 0 Å². The van der Waals surface area contributed by atoms with E-state index in [4.69, 9.17) is 5.73 Å². The number of carbonyl (C=O) groups excluding carboxylic acids is 1. The van der Waals surface area contributed by atoms with Crippen LogP contribution in [0.25, 0.3) is 0 Å². The number of methoxy groups -OCH3 is 1. The molecule has 0 fully saturated rings. The minimum Gasteiger partial charge on any atom is -0.465 e. The summed E-state index contributed by atoms with van der Waals surface area (Å²) >= 11 is 0. The number of ether oxygens (including phenoxy) is 1. The third-order valence-corrected chi connectivity index (χ3v) is 2.98. The summed E-state index contributed by atoms with van der Waals surface area (Å²) in [4.78, 5) is 15.7. The maximum atomic E-state index is 11.5. The Kier molecular flexibility index (Phi) is 4.20. The second-order valence-corrected chi connectivity index (χ2v) is 4.45. The summed E-state index contributed by atoms with van der Waals surface area (Å²) in [6.45, 7) is 2.62. The molecular weight excluding hydrogens is 254 g/mol. The van der Waals surface area contributed by atoms with Crippen molar-refractivity contribution in [3.05, 3.63) is 53.2 Å². The van der Waals surface area contributed by atoms with Gasteiger partial charge in [0.2, 0.25) is 0 Å². The standard InChI is InChI=1S/C15H17N3O2/c1-10-3-5-11(6-4-10)9-18-14-13(16)12(7-8-17-14)15(19)20-2/h3-8H,9,16H2,1-2H3,(H,17,18). The van der Waals surface area contributed by atoms with E-state index in [1.165, 1.54) is 24.9 Å². The van der Waals surface area contributed by atoms with E-state index >= 15 is 0 Å². The SMILES string of the molecule is COC(=O)c1ccnc(NCc2ccc(C)cc2)c1N. The van der Waals surface area contributed by atoms with Crippen LogP contribution in [0.5, 0.6) is 0 Å². The van der Waals surface area contributed by atoms with E-state index in [0.29, 0.717) is 23.6 Å². The highest BCUT2D eigenvalue weighted by Crippen LogP contribution is 2.21. The fraction of sp³-hybridized carbons (Fsp3) is 0.200. The molecule has 0 spiro atoms. The first-order valence-electron chi connectivity index (χ1n) is 6.24. The van der Waals surface area contributed by atoms with Crippen LogP contribution >= 0.6 is 0 Å². The van der Waals surface area contributed by atoms with Gasteiger partial charge in [-0.15, -0.1) is 0 Å². The number of hydrogen-bond acceptors (Lipinski definition) is 5. The van der Waals surface area contributed by atoms with E-state index in [2.05, 4.69) is 15.0 Å². The number of pyridine rings is 1. The molecule has 0 amide bonds. The lowest BCUT2D eigenvalue weighted by atomic mass is 10.1. The van der Waals surface area contributed by atoms with Gasteiger partial charge < -0.3 is 15.8 Å². The van der Waals surface area contributed by atoms with E-state index in [-0.39, 0.29) is 0 Å². The number of nitrogens with zero attached hydrogens (tertiary/aromatic N) is 1. The van der Waals surface area contributed by atoms with Crippen molar-refractivity contribution in [3.63, 3.8) is 0 Å². The average Bonchev–Trinajstić information content (AvgIpc) is 2.47. The first-order valence-corrected chi connectivity index (χ1v) is 6.24. The summed E-state index contributed by atoms with van der Waals surface area (Å²) in [5.74, 6) is 0.0109. The predicted molar refractivity (Wildman–Crippen MR) is 78.5 cm³/mol. The van der Waals surface area contributed by atoms with E-state index in [9.17, 15) is 4.79 Å². The van der Waals surface area contributed by atoms with Crippen molar-refractivity contribution >= 4 is 17.5 Å². The predicted octanol–water partition coefficient (Wildman–Crippen LogP) is 2.37. The summed E-state index contributed by atoms with van der Waals surface area (Å²) in [6, 6.07) is 9.68. The number of rotatable bonds is 4. The van der Waals surface area contributed by atoms with Gasteiger partial charge in [-0.3, -0.25) is 0 Å². The molecule has 0 saturated carbocycles. The Morgan fingerprint density at radius 1 is 1.30 bits per heavy atom. The largest absolute Gasteiger partial charge is 0.465 e. The zero-order valence-corrected chi connectivity index (χ0v) is 11.5. The van der Waals surface area contributed by atoms with Gasteiger partial charge in [-0.25, -0.2) is 9.78 Å². The summed E-state index contributed by atoms with van der Waals surface area (Å²) in [5.41, 5.74) is 8.85. The highest BCUT2D eigenvalue weighted by molar-refractivity contribution is 5.97. The molecule has 0 aliphatic heterocycles. The third-order valence-electron chi connectivity index (χ3n) is 2.98. The first-order chi connectivity index (χ1) is 9.61. The Hall–Kier alpha value is -2.56. The molecule has 0 radical (unpaired) electrons. The van der Waals surface area contributed by atoms with E-state index in [0.717, 1.165) is 5.56 Å². The van der Waals surface area contributed by atoms with Gasteiger partial charge in [0.25, 0.3) is 0 Å².